The summed E-state index contributed by atoms with van der Waals surface area (Å²) >= 11 is 0. The summed E-state index contributed by atoms with van der Waals surface area (Å²) in [5, 5.41) is 10.9. The summed E-state index contributed by atoms with van der Waals surface area (Å²) in [6.07, 6.45) is 2.00. The molecule has 2 aromatic rings. The minimum Gasteiger partial charge on any atom is -0.497 e. The van der Waals surface area contributed by atoms with Gasteiger partial charge in [-0.1, -0.05) is 18.2 Å². The minimum absolute atomic E-state index is 0.282. The predicted molar refractivity (Wildman–Crippen MR) is 75.3 cm³/mol. The third-order valence-corrected chi connectivity index (χ3v) is 4.09. The monoisotopic (exact) mass is 272 g/mol. The van der Waals surface area contributed by atoms with Crippen LogP contribution in [0.1, 0.15) is 23.1 Å². The molecule has 1 N–H and O–H groups in total. The average Bonchev–Trinajstić information content (AvgIpc) is 2.47. The van der Waals surface area contributed by atoms with Gasteiger partial charge in [0.05, 0.1) is 12.7 Å². The van der Waals surface area contributed by atoms with Gasteiger partial charge in [0.25, 0.3) is 0 Å². The van der Waals surface area contributed by atoms with Gasteiger partial charge in [0.15, 0.2) is 0 Å². The molecule has 0 aromatic heterocycles. The number of ether oxygens (including phenoxy) is 1. The maximum Gasteiger partial charge on any atom is 0.123 e. The first kappa shape index (κ1) is 13.1. The molecule has 0 fully saturated rings. The van der Waals surface area contributed by atoms with Crippen LogP contribution >= 0.6 is 0 Å². The molecule has 0 aliphatic heterocycles. The highest BCUT2D eigenvalue weighted by molar-refractivity contribution is 5.40. The van der Waals surface area contributed by atoms with Gasteiger partial charge in [0.2, 0.25) is 0 Å². The van der Waals surface area contributed by atoms with Crippen molar-refractivity contribution in [3.63, 3.8) is 0 Å². The number of fused-ring (bicyclic) bond motifs is 1. The quantitative estimate of drug-likeness (QED) is 0.909. The first-order chi connectivity index (χ1) is 9.60. The van der Waals surface area contributed by atoms with Crippen LogP contribution in [0.2, 0.25) is 0 Å². The summed E-state index contributed by atoms with van der Waals surface area (Å²) in [5.74, 6) is 0.516. The Balaban J connectivity index is 1.95. The molecule has 0 amide bonds. The molecule has 1 aliphatic rings. The number of rotatable bonds is 2. The third kappa shape index (κ3) is 2.29. The van der Waals surface area contributed by atoms with Crippen LogP contribution in [0.15, 0.2) is 42.5 Å². The molecule has 2 aromatic carbocycles. The van der Waals surface area contributed by atoms with E-state index >= 15 is 0 Å². The van der Waals surface area contributed by atoms with Crippen molar-refractivity contribution in [2.45, 2.75) is 24.9 Å². The van der Waals surface area contributed by atoms with Gasteiger partial charge in [0, 0.05) is 6.42 Å². The van der Waals surface area contributed by atoms with Crippen LogP contribution in [-0.2, 0) is 18.4 Å². The van der Waals surface area contributed by atoms with Crippen molar-refractivity contribution in [2.75, 3.05) is 7.11 Å². The molecule has 3 rings (SSSR count). The van der Waals surface area contributed by atoms with Crippen molar-refractivity contribution >= 4 is 0 Å². The molecule has 104 valence electrons. The molecule has 3 heteroatoms. The molecular weight excluding hydrogens is 255 g/mol. The Hall–Kier alpha value is -1.87. The summed E-state index contributed by atoms with van der Waals surface area (Å²) in [6, 6.07) is 12.1. The highest BCUT2D eigenvalue weighted by atomic mass is 19.1. The zero-order valence-corrected chi connectivity index (χ0v) is 11.4. The Bertz CT molecular complexity index is 621. The Morgan fingerprint density at radius 2 is 1.85 bits per heavy atom. The lowest BCUT2D eigenvalue weighted by molar-refractivity contribution is 0.0221. The molecule has 0 radical (unpaired) electrons. The fourth-order valence-electron chi connectivity index (χ4n) is 2.89. The van der Waals surface area contributed by atoms with Crippen LogP contribution in [0, 0.1) is 5.82 Å². The van der Waals surface area contributed by atoms with E-state index in [1.165, 1.54) is 17.7 Å². The van der Waals surface area contributed by atoms with Gasteiger partial charge in [0.1, 0.15) is 11.6 Å². The molecule has 2 nitrogen and oxygen atoms in total. The highest BCUT2D eigenvalue weighted by Crippen LogP contribution is 2.37. The van der Waals surface area contributed by atoms with Crippen LogP contribution in [0.4, 0.5) is 4.39 Å². The van der Waals surface area contributed by atoms with E-state index in [1.54, 1.807) is 19.2 Å². The number of hydrogen-bond donors (Lipinski definition) is 1. The second-order valence-corrected chi connectivity index (χ2v) is 5.35. The highest BCUT2D eigenvalue weighted by Gasteiger charge is 2.33. The van der Waals surface area contributed by atoms with Crippen LogP contribution < -0.4 is 4.74 Å². The predicted octanol–water partition coefficient (Wildman–Crippen LogP) is 3.21. The Kier molecular flexibility index (Phi) is 3.22. The van der Waals surface area contributed by atoms with Crippen LogP contribution in [-0.4, -0.2) is 12.2 Å². The molecular formula is C17H17FO2. The Labute approximate surface area is 117 Å². The van der Waals surface area contributed by atoms with Crippen LogP contribution in [0.3, 0.4) is 0 Å². The van der Waals surface area contributed by atoms with Crippen molar-refractivity contribution < 1.29 is 14.2 Å². The maximum absolute atomic E-state index is 13.0. The number of halogens is 1. The lowest BCUT2D eigenvalue weighted by atomic mass is 9.76. The molecule has 0 heterocycles. The van der Waals surface area contributed by atoms with Gasteiger partial charge in [-0.3, -0.25) is 0 Å². The van der Waals surface area contributed by atoms with Gasteiger partial charge in [-0.2, -0.15) is 0 Å². The largest absolute Gasteiger partial charge is 0.497 e. The van der Waals surface area contributed by atoms with Crippen molar-refractivity contribution in [3.8, 4) is 5.75 Å². The summed E-state index contributed by atoms with van der Waals surface area (Å²) in [4.78, 5) is 0. The fourth-order valence-corrected chi connectivity index (χ4v) is 2.89. The normalized spacial score (nSPS) is 21.4. The van der Waals surface area contributed by atoms with Crippen LogP contribution in [0.5, 0.6) is 5.75 Å². The lowest BCUT2D eigenvalue weighted by Crippen LogP contribution is -2.33. The first-order valence-electron chi connectivity index (χ1n) is 6.75. The number of benzene rings is 2. The van der Waals surface area contributed by atoms with E-state index in [-0.39, 0.29) is 5.82 Å². The topological polar surface area (TPSA) is 29.5 Å². The number of methoxy groups -OCH3 is 1. The molecule has 0 saturated heterocycles. The number of aliphatic hydroxyl groups is 1. The van der Waals surface area contributed by atoms with E-state index in [4.69, 9.17) is 4.74 Å². The molecule has 20 heavy (non-hydrogen) atoms. The molecule has 1 atom stereocenters. The van der Waals surface area contributed by atoms with Crippen LogP contribution in [0.25, 0.3) is 0 Å². The van der Waals surface area contributed by atoms with E-state index in [2.05, 4.69) is 6.07 Å². The number of aryl methyl sites for hydroxylation is 1. The average molecular weight is 272 g/mol. The molecule has 0 saturated carbocycles. The second-order valence-electron chi connectivity index (χ2n) is 5.35. The van der Waals surface area contributed by atoms with E-state index in [1.807, 2.05) is 12.1 Å². The molecule has 1 aliphatic carbocycles. The van der Waals surface area contributed by atoms with E-state index < -0.39 is 5.60 Å². The molecule has 0 bridgehead atoms. The van der Waals surface area contributed by atoms with Gasteiger partial charge in [-0.15, -0.1) is 0 Å². The molecule has 0 spiro atoms. The van der Waals surface area contributed by atoms with Crippen molar-refractivity contribution in [3.05, 3.63) is 65.0 Å². The van der Waals surface area contributed by atoms with Crippen molar-refractivity contribution in [2.24, 2.45) is 0 Å². The smallest absolute Gasteiger partial charge is 0.123 e. The van der Waals surface area contributed by atoms with E-state index in [0.717, 1.165) is 23.3 Å². The van der Waals surface area contributed by atoms with Gasteiger partial charge in [-0.25, -0.2) is 4.39 Å². The Morgan fingerprint density at radius 3 is 2.55 bits per heavy atom. The maximum atomic E-state index is 13.0. The van der Waals surface area contributed by atoms with Crippen molar-refractivity contribution in [1.29, 1.82) is 0 Å². The van der Waals surface area contributed by atoms with Crippen molar-refractivity contribution in [1.82, 2.24) is 0 Å². The summed E-state index contributed by atoms with van der Waals surface area (Å²) in [7, 11) is 1.64. The standard InChI is InChI=1S/C17H17FO2/c1-20-16-7-2-12-8-9-17(19,11-13(12)10-16)14-3-5-15(18)6-4-14/h2-7,10,19H,8-9,11H2,1H3. The summed E-state index contributed by atoms with van der Waals surface area (Å²) < 4.78 is 18.3. The minimum atomic E-state index is -0.924. The van der Waals surface area contributed by atoms with E-state index in [0.29, 0.717) is 12.8 Å². The van der Waals surface area contributed by atoms with Gasteiger partial charge < -0.3 is 9.84 Å². The zero-order valence-electron chi connectivity index (χ0n) is 11.4. The molecule has 1 unspecified atom stereocenters. The van der Waals surface area contributed by atoms with Gasteiger partial charge >= 0.3 is 0 Å². The van der Waals surface area contributed by atoms with Gasteiger partial charge in [-0.05, 0) is 53.8 Å². The summed E-state index contributed by atoms with van der Waals surface area (Å²) in [5.41, 5.74) is 2.19. The zero-order chi connectivity index (χ0) is 14.2. The summed E-state index contributed by atoms with van der Waals surface area (Å²) in [6.45, 7) is 0. The third-order valence-electron chi connectivity index (χ3n) is 4.09. The number of hydrogen-bond acceptors (Lipinski definition) is 2. The second kappa shape index (κ2) is 4.91. The SMILES string of the molecule is COc1ccc2c(c1)CC(O)(c1ccc(F)cc1)CC2. The van der Waals surface area contributed by atoms with E-state index in [9.17, 15) is 9.50 Å². The Morgan fingerprint density at radius 1 is 1.10 bits per heavy atom. The lowest BCUT2D eigenvalue weighted by Gasteiger charge is -2.34. The first-order valence-corrected chi connectivity index (χ1v) is 6.75. The fraction of sp³-hybridized carbons (Fsp3) is 0.294.